The summed E-state index contributed by atoms with van der Waals surface area (Å²) in [5.74, 6) is -0.177. The first kappa shape index (κ1) is 70.7. The molecule has 1 amide bonds. The van der Waals surface area contributed by atoms with E-state index in [9.17, 15) is 19.4 Å². The Balaban J connectivity index is 4.06. The van der Waals surface area contributed by atoms with Crippen LogP contribution in [0.5, 0.6) is 0 Å². The number of nitrogens with one attached hydrogen (secondary N) is 1. The van der Waals surface area contributed by atoms with Gasteiger partial charge in [0.05, 0.1) is 39.9 Å². The van der Waals surface area contributed by atoms with Crippen molar-refractivity contribution >= 4 is 13.7 Å². The minimum absolute atomic E-state index is 0.0599. The lowest BCUT2D eigenvalue weighted by Gasteiger charge is -2.25. The van der Waals surface area contributed by atoms with Crippen molar-refractivity contribution in [3.8, 4) is 0 Å². The minimum Gasteiger partial charge on any atom is -0.387 e. The maximum atomic E-state index is 13.0. The third-order valence-electron chi connectivity index (χ3n) is 13.4. The highest BCUT2D eigenvalue weighted by atomic mass is 31.2. The van der Waals surface area contributed by atoms with E-state index in [1.807, 2.05) is 27.2 Å². The number of carbonyl (C=O) groups excluding carboxylic acids is 1. The number of nitrogens with zero attached hydrogens (tertiary/aromatic N) is 1. The summed E-state index contributed by atoms with van der Waals surface area (Å²) in [4.78, 5) is 23.3. The van der Waals surface area contributed by atoms with Crippen molar-refractivity contribution in [3.63, 3.8) is 0 Å². The molecular weight excluding hydrogens is 924 g/mol. The zero-order valence-corrected chi connectivity index (χ0v) is 49.3. The first-order valence-electron chi connectivity index (χ1n) is 30.5. The number of phosphoric acid groups is 1. The predicted molar refractivity (Wildman–Crippen MR) is 318 cm³/mol. The molecule has 8 nitrogen and oxygen atoms in total. The van der Waals surface area contributed by atoms with Gasteiger partial charge in [0.1, 0.15) is 13.2 Å². The molecule has 0 fully saturated rings. The van der Waals surface area contributed by atoms with E-state index in [0.29, 0.717) is 17.4 Å². The fourth-order valence-corrected chi connectivity index (χ4v) is 9.37. The van der Waals surface area contributed by atoms with E-state index in [2.05, 4.69) is 92.1 Å². The van der Waals surface area contributed by atoms with Gasteiger partial charge in [0.25, 0.3) is 0 Å². The molecule has 0 rings (SSSR count). The van der Waals surface area contributed by atoms with Gasteiger partial charge in [-0.15, -0.1) is 0 Å². The summed E-state index contributed by atoms with van der Waals surface area (Å²) in [6.07, 6.45) is 76.9. The first-order chi connectivity index (χ1) is 35.5. The Bertz CT molecular complexity index is 1460. The van der Waals surface area contributed by atoms with E-state index >= 15 is 0 Å². The van der Waals surface area contributed by atoms with Crippen LogP contribution in [0.15, 0.2) is 85.1 Å². The molecule has 0 aliphatic heterocycles. The number of phosphoric ester groups is 1. The highest BCUT2D eigenvalue weighted by Crippen LogP contribution is 2.43. The van der Waals surface area contributed by atoms with Gasteiger partial charge in [0.2, 0.25) is 5.91 Å². The van der Waals surface area contributed by atoms with E-state index in [1.54, 1.807) is 6.08 Å². The zero-order chi connectivity index (χ0) is 53.5. The van der Waals surface area contributed by atoms with Gasteiger partial charge in [-0.05, 0) is 70.6 Å². The number of hydrogen-bond acceptors (Lipinski definition) is 5. The standard InChI is InChI=1S/C64H117N2O6P/c1-6-8-10-12-14-16-18-20-22-24-25-26-27-28-29-30-31-32-33-34-35-36-37-38-39-40-41-42-44-46-48-50-52-54-56-58-64(68)65-62(61-72-73(69,70)71-60-59-66(3,4)5)63(67)57-55-53-51-49-47-45-43-23-21-19-17-15-13-11-9-7-2/h8,10,14,16,20,22,25-26,28-29,31-32,55,57,62-63,67H,6-7,9,11-13,15,17-19,21,23-24,27,30,33-54,56,58-61H2,1-5H3,(H-,65,68,69,70)/p+1/b10-8-,16-14-,22-20-,26-25-,29-28-,32-31-,57-55+. The van der Waals surface area contributed by atoms with E-state index in [0.717, 1.165) is 77.0 Å². The normalized spacial score (nSPS) is 14.5. The van der Waals surface area contributed by atoms with Crippen LogP contribution in [0.4, 0.5) is 0 Å². The molecule has 0 aromatic heterocycles. The SMILES string of the molecule is CC/C=C\C/C=C\C/C=C\C/C=C\C/C=C\C/C=C\CCCCCCCCCCCCCCCCCCC(=O)NC(COP(=O)(O)OCC[N+](C)(C)C)C(O)/C=C/CCCCCCCCCCCCCCCC. The lowest BCUT2D eigenvalue weighted by molar-refractivity contribution is -0.870. The van der Waals surface area contributed by atoms with Gasteiger partial charge in [-0.1, -0.05) is 272 Å². The van der Waals surface area contributed by atoms with Gasteiger partial charge in [0.15, 0.2) is 0 Å². The van der Waals surface area contributed by atoms with Gasteiger partial charge >= 0.3 is 7.82 Å². The van der Waals surface area contributed by atoms with Crippen LogP contribution < -0.4 is 5.32 Å². The fraction of sp³-hybridized carbons (Fsp3) is 0.766. The highest BCUT2D eigenvalue weighted by Gasteiger charge is 2.27. The molecule has 0 heterocycles. The molecule has 3 N–H and O–H groups in total. The van der Waals surface area contributed by atoms with Crippen LogP contribution in [0.1, 0.15) is 264 Å². The Kier molecular flexibility index (Phi) is 52.7. The summed E-state index contributed by atoms with van der Waals surface area (Å²) >= 11 is 0. The van der Waals surface area contributed by atoms with Crippen molar-refractivity contribution in [1.29, 1.82) is 0 Å². The van der Waals surface area contributed by atoms with Gasteiger partial charge in [0, 0.05) is 6.42 Å². The van der Waals surface area contributed by atoms with Crippen molar-refractivity contribution in [3.05, 3.63) is 85.1 Å². The van der Waals surface area contributed by atoms with Crippen molar-refractivity contribution in [2.24, 2.45) is 0 Å². The van der Waals surface area contributed by atoms with E-state index in [1.165, 1.54) is 167 Å². The number of quaternary nitrogens is 1. The number of allylic oxidation sites excluding steroid dienone is 13. The molecule has 0 bridgehead atoms. The Morgan fingerprint density at radius 3 is 1.21 bits per heavy atom. The van der Waals surface area contributed by atoms with E-state index in [4.69, 9.17) is 9.05 Å². The summed E-state index contributed by atoms with van der Waals surface area (Å²) in [5.41, 5.74) is 0. The number of unbranched alkanes of at least 4 members (excludes halogenated alkanes) is 30. The van der Waals surface area contributed by atoms with Crippen LogP contribution in [-0.2, 0) is 18.4 Å². The lowest BCUT2D eigenvalue weighted by Crippen LogP contribution is -2.45. The summed E-state index contributed by atoms with van der Waals surface area (Å²) in [7, 11) is 1.57. The van der Waals surface area contributed by atoms with Crippen LogP contribution in [0.25, 0.3) is 0 Å². The molecule has 3 unspecified atom stereocenters. The number of rotatable bonds is 55. The fourth-order valence-electron chi connectivity index (χ4n) is 8.64. The molecule has 0 aliphatic rings. The topological polar surface area (TPSA) is 105 Å². The maximum Gasteiger partial charge on any atom is 0.472 e. The average molecular weight is 1040 g/mol. The summed E-state index contributed by atoms with van der Waals surface area (Å²) in [5, 5.41) is 13.9. The minimum atomic E-state index is -4.35. The third-order valence-corrected chi connectivity index (χ3v) is 14.4. The third kappa shape index (κ3) is 57.2. The Morgan fingerprint density at radius 1 is 0.479 bits per heavy atom. The molecule has 3 atom stereocenters. The Morgan fingerprint density at radius 2 is 0.822 bits per heavy atom. The molecule has 0 aliphatic carbocycles. The van der Waals surface area contributed by atoms with Crippen LogP contribution in [0, 0.1) is 0 Å². The van der Waals surface area contributed by atoms with Crippen molar-refractivity contribution in [2.45, 2.75) is 276 Å². The van der Waals surface area contributed by atoms with E-state index in [-0.39, 0.29) is 19.1 Å². The number of hydrogen-bond donors (Lipinski definition) is 3. The van der Waals surface area contributed by atoms with Gasteiger partial charge in [-0.2, -0.15) is 0 Å². The molecule has 0 saturated carbocycles. The second-order valence-corrected chi connectivity index (χ2v) is 23.2. The Labute approximate surface area is 452 Å². The predicted octanol–water partition coefficient (Wildman–Crippen LogP) is 18.8. The summed E-state index contributed by atoms with van der Waals surface area (Å²) < 4.78 is 23.7. The van der Waals surface area contributed by atoms with Crippen molar-refractivity contribution in [1.82, 2.24) is 5.32 Å². The number of aliphatic hydroxyl groups is 1. The second-order valence-electron chi connectivity index (χ2n) is 21.7. The molecule has 0 radical (unpaired) electrons. The molecule has 9 heteroatoms. The molecule has 0 aromatic carbocycles. The lowest BCUT2D eigenvalue weighted by atomic mass is 10.0. The maximum absolute atomic E-state index is 13.0. The Hall–Kier alpha value is -2.32. The number of carbonyl (C=O) groups is 1. The quantitative estimate of drug-likeness (QED) is 0.0243. The molecule has 0 aromatic rings. The smallest absolute Gasteiger partial charge is 0.387 e. The summed E-state index contributed by atoms with van der Waals surface area (Å²) in [6, 6.07) is -0.849. The number of likely N-dealkylation sites (N-methyl/N-ethyl adjacent to an activating group) is 1. The largest absolute Gasteiger partial charge is 0.472 e. The average Bonchev–Trinajstić information content (AvgIpc) is 3.35. The first-order valence-corrected chi connectivity index (χ1v) is 32.0. The van der Waals surface area contributed by atoms with Crippen LogP contribution in [-0.4, -0.2) is 73.4 Å². The van der Waals surface area contributed by atoms with E-state index < -0.39 is 20.0 Å². The van der Waals surface area contributed by atoms with Gasteiger partial charge < -0.3 is 19.8 Å². The van der Waals surface area contributed by atoms with Crippen LogP contribution >= 0.6 is 7.82 Å². The molecule has 73 heavy (non-hydrogen) atoms. The van der Waals surface area contributed by atoms with Gasteiger partial charge in [-0.25, -0.2) is 4.57 Å². The second kappa shape index (κ2) is 54.5. The zero-order valence-electron chi connectivity index (χ0n) is 48.4. The molecule has 0 saturated heterocycles. The van der Waals surface area contributed by atoms with Crippen molar-refractivity contribution in [2.75, 3.05) is 40.9 Å². The van der Waals surface area contributed by atoms with Crippen LogP contribution in [0.2, 0.25) is 0 Å². The number of amides is 1. The summed E-state index contributed by atoms with van der Waals surface area (Å²) in [6.45, 7) is 4.71. The number of aliphatic hydroxyl groups excluding tert-OH is 1. The van der Waals surface area contributed by atoms with Crippen molar-refractivity contribution < 1.29 is 32.9 Å². The van der Waals surface area contributed by atoms with Crippen LogP contribution in [0.3, 0.4) is 0 Å². The van der Waals surface area contributed by atoms with Gasteiger partial charge in [-0.3, -0.25) is 13.8 Å². The molecular formula is C64H118N2O6P+. The highest BCUT2D eigenvalue weighted by molar-refractivity contribution is 7.47. The molecule has 0 spiro atoms. The monoisotopic (exact) mass is 1040 g/mol. The molecule has 424 valence electrons.